The molecule has 0 aliphatic heterocycles. The summed E-state index contributed by atoms with van der Waals surface area (Å²) in [6.45, 7) is -0.113. The van der Waals surface area contributed by atoms with Crippen molar-refractivity contribution in [3.63, 3.8) is 0 Å². The fraction of sp³-hybridized carbons (Fsp3) is 0.364. The Labute approximate surface area is 119 Å². The quantitative estimate of drug-likeness (QED) is 0.785. The van der Waals surface area contributed by atoms with Crippen LogP contribution in [0.4, 0.5) is 18.9 Å². The molecule has 0 saturated carbocycles. The molecule has 0 saturated heterocycles. The third kappa shape index (κ3) is 6.34. The lowest BCUT2D eigenvalue weighted by Gasteiger charge is -2.12. The summed E-state index contributed by atoms with van der Waals surface area (Å²) >= 11 is 0. The molecule has 0 aliphatic rings. The molecule has 0 spiro atoms. The van der Waals surface area contributed by atoms with E-state index in [1.165, 1.54) is 0 Å². The van der Waals surface area contributed by atoms with Gasteiger partial charge < -0.3 is 15.8 Å². The number of nitrogens with two attached hydrogens (primary N) is 1. The van der Waals surface area contributed by atoms with Crippen LogP contribution in [0.15, 0.2) is 18.2 Å². The van der Waals surface area contributed by atoms with Crippen LogP contribution in [0.2, 0.25) is 0 Å². The third-order valence-corrected chi connectivity index (χ3v) is 3.20. The summed E-state index contributed by atoms with van der Waals surface area (Å²) in [7, 11) is -3.22. The van der Waals surface area contributed by atoms with Gasteiger partial charge in [0.1, 0.15) is 9.84 Å². The summed E-state index contributed by atoms with van der Waals surface area (Å²) < 4.78 is 61.6. The number of halogens is 3. The maximum atomic E-state index is 12.0. The van der Waals surface area contributed by atoms with Crippen molar-refractivity contribution in [2.24, 2.45) is 0 Å². The van der Waals surface area contributed by atoms with Crippen LogP contribution in [0.5, 0.6) is 5.75 Å². The monoisotopic (exact) mass is 326 g/mol. The molecule has 0 unspecified atom stereocenters. The molecule has 0 fully saturated rings. The van der Waals surface area contributed by atoms with Gasteiger partial charge in [-0.05, 0) is 18.2 Å². The van der Waals surface area contributed by atoms with Crippen molar-refractivity contribution in [1.82, 2.24) is 5.32 Å². The van der Waals surface area contributed by atoms with Gasteiger partial charge in [-0.3, -0.25) is 4.79 Å². The lowest BCUT2D eigenvalue weighted by Crippen LogP contribution is -2.28. The second kappa shape index (κ2) is 6.20. The Hall–Kier alpha value is -1.97. The van der Waals surface area contributed by atoms with Crippen molar-refractivity contribution in [2.75, 3.05) is 24.3 Å². The predicted molar refractivity (Wildman–Crippen MR) is 69.6 cm³/mol. The summed E-state index contributed by atoms with van der Waals surface area (Å²) in [5.41, 5.74) is 5.00. The Bertz CT molecular complexity index is 629. The SMILES string of the molecule is CS(=O)(=O)CCNC(=O)c1ccc(OC(F)(F)F)c(N)c1. The molecule has 1 aromatic carbocycles. The average molecular weight is 326 g/mol. The van der Waals surface area contributed by atoms with Crippen LogP contribution in [0, 0.1) is 0 Å². The van der Waals surface area contributed by atoms with E-state index in [1.807, 2.05) is 0 Å². The van der Waals surface area contributed by atoms with Gasteiger partial charge in [0, 0.05) is 18.4 Å². The number of sulfone groups is 1. The van der Waals surface area contributed by atoms with Crippen molar-refractivity contribution in [3.05, 3.63) is 23.8 Å². The maximum Gasteiger partial charge on any atom is 0.573 e. The van der Waals surface area contributed by atoms with E-state index >= 15 is 0 Å². The van der Waals surface area contributed by atoms with E-state index in [2.05, 4.69) is 10.1 Å². The highest BCUT2D eigenvalue weighted by Crippen LogP contribution is 2.28. The van der Waals surface area contributed by atoms with Gasteiger partial charge >= 0.3 is 6.36 Å². The molecule has 0 bridgehead atoms. The number of carbonyl (C=O) groups is 1. The molecule has 0 heterocycles. The van der Waals surface area contributed by atoms with Crippen LogP contribution < -0.4 is 15.8 Å². The Morgan fingerprint density at radius 3 is 2.48 bits per heavy atom. The standard InChI is InChI=1S/C11H13F3N2O4S/c1-21(18,19)5-4-16-10(17)7-2-3-9(8(15)6-7)20-11(12,13)14/h2-3,6H,4-5,15H2,1H3,(H,16,17). The molecular weight excluding hydrogens is 313 g/mol. The van der Waals surface area contributed by atoms with E-state index in [0.29, 0.717) is 0 Å². The number of amides is 1. The first-order valence-electron chi connectivity index (χ1n) is 5.59. The number of benzene rings is 1. The van der Waals surface area contributed by atoms with Crippen molar-refractivity contribution in [3.8, 4) is 5.75 Å². The van der Waals surface area contributed by atoms with Gasteiger partial charge in [0.15, 0.2) is 5.75 Å². The van der Waals surface area contributed by atoms with Gasteiger partial charge in [0.05, 0.1) is 11.4 Å². The van der Waals surface area contributed by atoms with Gasteiger partial charge in [0.2, 0.25) is 0 Å². The van der Waals surface area contributed by atoms with Crippen LogP contribution in [0.3, 0.4) is 0 Å². The molecular formula is C11H13F3N2O4S. The Morgan fingerprint density at radius 2 is 2.00 bits per heavy atom. The largest absolute Gasteiger partial charge is 0.573 e. The number of hydrogen-bond donors (Lipinski definition) is 2. The van der Waals surface area contributed by atoms with Crippen molar-refractivity contribution in [1.29, 1.82) is 0 Å². The van der Waals surface area contributed by atoms with Crippen molar-refractivity contribution < 1.29 is 31.1 Å². The van der Waals surface area contributed by atoms with E-state index in [-0.39, 0.29) is 23.5 Å². The molecule has 0 aliphatic carbocycles. The number of hydrogen-bond acceptors (Lipinski definition) is 5. The summed E-state index contributed by atoms with van der Waals surface area (Å²) in [6.07, 6.45) is -3.87. The minimum absolute atomic E-state index is 0.00414. The van der Waals surface area contributed by atoms with Gasteiger partial charge in [-0.15, -0.1) is 13.2 Å². The predicted octanol–water partition coefficient (Wildman–Crippen LogP) is 0.942. The van der Waals surface area contributed by atoms with Crippen molar-refractivity contribution >= 4 is 21.4 Å². The van der Waals surface area contributed by atoms with E-state index in [4.69, 9.17) is 5.73 Å². The van der Waals surface area contributed by atoms with E-state index < -0.39 is 27.9 Å². The number of ether oxygens (including phenoxy) is 1. The number of alkyl halides is 3. The lowest BCUT2D eigenvalue weighted by atomic mass is 10.2. The smallest absolute Gasteiger partial charge is 0.404 e. The highest BCUT2D eigenvalue weighted by molar-refractivity contribution is 7.90. The zero-order valence-electron chi connectivity index (χ0n) is 10.9. The fourth-order valence-electron chi connectivity index (χ4n) is 1.36. The summed E-state index contributed by atoms with van der Waals surface area (Å²) in [4.78, 5) is 11.7. The summed E-state index contributed by atoms with van der Waals surface area (Å²) in [5.74, 6) is -1.51. The minimum atomic E-state index is -4.88. The van der Waals surface area contributed by atoms with Crippen LogP contribution in [-0.4, -0.2) is 39.2 Å². The van der Waals surface area contributed by atoms with Crippen molar-refractivity contribution in [2.45, 2.75) is 6.36 Å². The van der Waals surface area contributed by atoms with E-state index in [9.17, 15) is 26.4 Å². The Morgan fingerprint density at radius 1 is 1.38 bits per heavy atom. The molecule has 1 rings (SSSR count). The number of anilines is 1. The number of carbonyl (C=O) groups excluding carboxylic acids is 1. The van der Waals surface area contributed by atoms with Gasteiger partial charge in [-0.2, -0.15) is 0 Å². The molecule has 10 heteroatoms. The number of rotatable bonds is 5. The molecule has 118 valence electrons. The van der Waals surface area contributed by atoms with Gasteiger partial charge in [-0.25, -0.2) is 8.42 Å². The van der Waals surface area contributed by atoms with E-state index in [0.717, 1.165) is 24.5 Å². The fourth-order valence-corrected chi connectivity index (χ4v) is 1.83. The van der Waals surface area contributed by atoms with Gasteiger partial charge in [0.25, 0.3) is 5.91 Å². The molecule has 3 N–H and O–H groups in total. The summed E-state index contributed by atoms with van der Waals surface area (Å²) in [5, 5.41) is 2.31. The lowest BCUT2D eigenvalue weighted by molar-refractivity contribution is -0.274. The first-order chi connectivity index (χ1) is 9.48. The highest BCUT2D eigenvalue weighted by Gasteiger charge is 2.32. The molecule has 0 aromatic heterocycles. The van der Waals surface area contributed by atoms with Gasteiger partial charge in [-0.1, -0.05) is 0 Å². The number of nitrogens with one attached hydrogen (secondary N) is 1. The first-order valence-corrected chi connectivity index (χ1v) is 7.65. The minimum Gasteiger partial charge on any atom is -0.404 e. The van der Waals surface area contributed by atoms with Crippen LogP contribution >= 0.6 is 0 Å². The molecule has 1 amide bonds. The zero-order valence-corrected chi connectivity index (χ0v) is 11.7. The molecule has 21 heavy (non-hydrogen) atoms. The van der Waals surface area contributed by atoms with Crippen LogP contribution in [0.25, 0.3) is 0 Å². The molecule has 6 nitrogen and oxygen atoms in total. The van der Waals surface area contributed by atoms with E-state index in [1.54, 1.807) is 0 Å². The molecule has 0 radical (unpaired) electrons. The Balaban J connectivity index is 2.72. The Kier molecular flexibility index (Phi) is 5.05. The number of nitrogen functional groups attached to an aromatic ring is 1. The normalized spacial score (nSPS) is 12.0. The molecule has 1 aromatic rings. The highest BCUT2D eigenvalue weighted by atomic mass is 32.2. The first kappa shape index (κ1) is 17.1. The second-order valence-electron chi connectivity index (χ2n) is 4.19. The molecule has 0 atom stereocenters. The maximum absolute atomic E-state index is 12.0. The zero-order chi connectivity index (χ0) is 16.3. The second-order valence-corrected chi connectivity index (χ2v) is 6.45. The third-order valence-electron chi connectivity index (χ3n) is 2.26. The summed E-state index contributed by atoms with van der Waals surface area (Å²) in [6, 6.07) is 3.01. The topological polar surface area (TPSA) is 98.5 Å². The van der Waals surface area contributed by atoms with Crippen LogP contribution in [0.1, 0.15) is 10.4 Å². The average Bonchev–Trinajstić information content (AvgIpc) is 2.28. The van der Waals surface area contributed by atoms with Crippen LogP contribution in [-0.2, 0) is 9.84 Å².